The van der Waals surface area contributed by atoms with E-state index in [9.17, 15) is 9.59 Å². The summed E-state index contributed by atoms with van der Waals surface area (Å²) in [5.41, 5.74) is 0.841. The summed E-state index contributed by atoms with van der Waals surface area (Å²) < 4.78 is 0. The Balaban J connectivity index is 2.18. The van der Waals surface area contributed by atoms with Gasteiger partial charge in [-0.1, -0.05) is 24.1 Å². The van der Waals surface area contributed by atoms with E-state index in [-0.39, 0.29) is 18.4 Å². The van der Waals surface area contributed by atoms with Crippen molar-refractivity contribution in [3.8, 4) is 12.3 Å². The first kappa shape index (κ1) is 13.8. The van der Waals surface area contributed by atoms with Crippen molar-refractivity contribution in [3.05, 3.63) is 52.2 Å². The summed E-state index contributed by atoms with van der Waals surface area (Å²) >= 11 is 1.34. The van der Waals surface area contributed by atoms with Crippen molar-refractivity contribution in [2.45, 2.75) is 0 Å². The molecule has 2 aromatic rings. The molecule has 1 heterocycles. The van der Waals surface area contributed by atoms with Crippen LogP contribution < -0.4 is 10.6 Å². The third-order valence-electron chi connectivity index (χ3n) is 2.52. The zero-order valence-electron chi connectivity index (χ0n) is 10.6. The van der Waals surface area contributed by atoms with Gasteiger partial charge in [-0.3, -0.25) is 9.59 Å². The summed E-state index contributed by atoms with van der Waals surface area (Å²) in [7, 11) is 0. The smallest absolute Gasteiger partial charge is 0.265 e. The lowest BCUT2D eigenvalue weighted by molar-refractivity contribution is 0.0959. The minimum atomic E-state index is -0.315. The Morgan fingerprint density at radius 2 is 1.95 bits per heavy atom. The van der Waals surface area contributed by atoms with Crippen LogP contribution >= 0.6 is 11.3 Å². The number of hydrogen-bond donors (Lipinski definition) is 2. The van der Waals surface area contributed by atoms with Gasteiger partial charge in [0.05, 0.1) is 22.7 Å². The van der Waals surface area contributed by atoms with E-state index in [0.29, 0.717) is 16.1 Å². The van der Waals surface area contributed by atoms with Crippen molar-refractivity contribution >= 4 is 28.8 Å². The summed E-state index contributed by atoms with van der Waals surface area (Å²) in [4.78, 5) is 24.5. The zero-order chi connectivity index (χ0) is 14.4. The van der Waals surface area contributed by atoms with Crippen LogP contribution in [0.3, 0.4) is 0 Å². The number of benzene rings is 1. The number of para-hydroxylation sites is 1. The van der Waals surface area contributed by atoms with Gasteiger partial charge in [0.25, 0.3) is 11.8 Å². The second-order valence-corrected chi connectivity index (χ2v) is 4.81. The Kier molecular flexibility index (Phi) is 4.53. The van der Waals surface area contributed by atoms with E-state index < -0.39 is 0 Å². The molecule has 0 aliphatic rings. The molecule has 2 amide bonds. The summed E-state index contributed by atoms with van der Waals surface area (Å²) in [6.45, 7) is 0.145. The number of carbonyl (C=O) groups excluding carboxylic acids is 2. The number of anilines is 1. The molecule has 20 heavy (non-hydrogen) atoms. The van der Waals surface area contributed by atoms with Gasteiger partial charge in [0.15, 0.2) is 0 Å². The number of amides is 2. The van der Waals surface area contributed by atoms with Crippen LogP contribution in [-0.2, 0) is 0 Å². The lowest BCUT2D eigenvalue weighted by Crippen LogP contribution is -2.25. The predicted molar refractivity (Wildman–Crippen MR) is 79.9 cm³/mol. The molecule has 1 aromatic heterocycles. The fourth-order valence-electron chi connectivity index (χ4n) is 1.61. The predicted octanol–water partition coefficient (Wildman–Crippen LogP) is 2.36. The second kappa shape index (κ2) is 6.55. The molecule has 4 nitrogen and oxygen atoms in total. The van der Waals surface area contributed by atoms with E-state index in [1.165, 1.54) is 11.3 Å². The molecule has 2 rings (SSSR count). The van der Waals surface area contributed by atoms with Crippen molar-refractivity contribution in [3.63, 3.8) is 0 Å². The molecule has 0 aliphatic heterocycles. The summed E-state index contributed by atoms with van der Waals surface area (Å²) in [5, 5.41) is 7.12. The number of carbonyl (C=O) groups is 2. The van der Waals surface area contributed by atoms with Crippen LogP contribution in [0.1, 0.15) is 20.0 Å². The third kappa shape index (κ3) is 3.25. The van der Waals surface area contributed by atoms with Gasteiger partial charge in [-0.25, -0.2) is 0 Å². The third-order valence-corrected chi connectivity index (χ3v) is 3.38. The second-order valence-electron chi connectivity index (χ2n) is 3.86. The van der Waals surface area contributed by atoms with Crippen molar-refractivity contribution in [2.24, 2.45) is 0 Å². The van der Waals surface area contributed by atoms with Crippen molar-refractivity contribution in [1.82, 2.24) is 5.32 Å². The molecular weight excluding hydrogens is 272 g/mol. The van der Waals surface area contributed by atoms with Gasteiger partial charge in [-0.05, 0) is 23.6 Å². The minimum absolute atomic E-state index is 0.145. The first-order chi connectivity index (χ1) is 9.72. The maximum absolute atomic E-state index is 12.0. The fraction of sp³-hybridized carbons (Fsp3) is 0.0667. The monoisotopic (exact) mass is 284 g/mol. The van der Waals surface area contributed by atoms with Crippen LogP contribution in [0, 0.1) is 12.3 Å². The number of nitrogens with one attached hydrogen (secondary N) is 2. The highest BCUT2D eigenvalue weighted by Crippen LogP contribution is 2.17. The van der Waals surface area contributed by atoms with E-state index in [2.05, 4.69) is 16.6 Å². The van der Waals surface area contributed by atoms with Gasteiger partial charge < -0.3 is 10.6 Å². The molecule has 0 fully saturated rings. The highest BCUT2D eigenvalue weighted by Gasteiger charge is 2.13. The average molecular weight is 284 g/mol. The Morgan fingerprint density at radius 1 is 1.15 bits per heavy atom. The number of terminal acetylenes is 1. The molecular formula is C15H12N2O2S. The molecule has 0 spiro atoms. The van der Waals surface area contributed by atoms with Crippen molar-refractivity contribution in [2.75, 3.05) is 11.9 Å². The van der Waals surface area contributed by atoms with Crippen molar-refractivity contribution in [1.29, 1.82) is 0 Å². The normalized spacial score (nSPS) is 9.55. The first-order valence-electron chi connectivity index (χ1n) is 5.88. The van der Waals surface area contributed by atoms with Crippen LogP contribution in [0.2, 0.25) is 0 Å². The van der Waals surface area contributed by atoms with Gasteiger partial charge in [0.1, 0.15) is 0 Å². The van der Waals surface area contributed by atoms with E-state index in [1.807, 2.05) is 5.38 Å². The van der Waals surface area contributed by atoms with Gasteiger partial charge >= 0.3 is 0 Å². The summed E-state index contributed by atoms with van der Waals surface area (Å²) in [5.74, 6) is 1.78. The largest absolute Gasteiger partial charge is 0.341 e. The topological polar surface area (TPSA) is 58.2 Å². The molecule has 100 valence electrons. The first-order valence-corrected chi connectivity index (χ1v) is 6.76. The van der Waals surface area contributed by atoms with Crippen LogP contribution in [0.4, 0.5) is 5.69 Å². The molecule has 0 bridgehead atoms. The standard InChI is InChI=1S/C15H12N2O2S/c1-2-9-16-14(18)11-6-3-4-7-12(11)17-15(19)13-8-5-10-20-13/h1,3-8,10H,9H2,(H,16,18)(H,17,19). The number of hydrogen-bond acceptors (Lipinski definition) is 3. The highest BCUT2D eigenvalue weighted by atomic mass is 32.1. The molecule has 5 heteroatoms. The van der Waals surface area contributed by atoms with Gasteiger partial charge in [0, 0.05) is 0 Å². The number of thiophene rings is 1. The fourth-order valence-corrected chi connectivity index (χ4v) is 2.23. The molecule has 0 unspecified atom stereocenters. The van der Waals surface area contributed by atoms with E-state index >= 15 is 0 Å². The molecule has 0 saturated heterocycles. The molecule has 0 atom stereocenters. The van der Waals surface area contributed by atoms with Crippen LogP contribution in [0.5, 0.6) is 0 Å². The van der Waals surface area contributed by atoms with E-state index in [1.54, 1.807) is 36.4 Å². The van der Waals surface area contributed by atoms with Gasteiger partial charge in [0.2, 0.25) is 0 Å². The van der Waals surface area contributed by atoms with Crippen LogP contribution in [0.15, 0.2) is 41.8 Å². The average Bonchev–Trinajstić information content (AvgIpc) is 2.99. The summed E-state index contributed by atoms with van der Waals surface area (Å²) in [6.07, 6.45) is 5.10. The minimum Gasteiger partial charge on any atom is -0.341 e. The Morgan fingerprint density at radius 3 is 2.65 bits per heavy atom. The van der Waals surface area contributed by atoms with Gasteiger partial charge in [-0.15, -0.1) is 17.8 Å². The quantitative estimate of drug-likeness (QED) is 0.847. The van der Waals surface area contributed by atoms with E-state index in [0.717, 1.165) is 0 Å². The molecule has 1 aromatic carbocycles. The van der Waals surface area contributed by atoms with Crippen LogP contribution in [0.25, 0.3) is 0 Å². The molecule has 0 radical (unpaired) electrons. The molecule has 0 aliphatic carbocycles. The molecule has 0 saturated carbocycles. The highest BCUT2D eigenvalue weighted by molar-refractivity contribution is 7.12. The Hall–Kier alpha value is -2.58. The molecule has 2 N–H and O–H groups in total. The number of rotatable bonds is 4. The lowest BCUT2D eigenvalue weighted by atomic mass is 10.1. The Bertz CT molecular complexity index is 657. The van der Waals surface area contributed by atoms with Gasteiger partial charge in [-0.2, -0.15) is 0 Å². The van der Waals surface area contributed by atoms with E-state index in [4.69, 9.17) is 6.42 Å². The van der Waals surface area contributed by atoms with Crippen molar-refractivity contribution < 1.29 is 9.59 Å². The lowest BCUT2D eigenvalue weighted by Gasteiger charge is -2.09. The maximum Gasteiger partial charge on any atom is 0.265 e. The zero-order valence-corrected chi connectivity index (χ0v) is 11.4. The maximum atomic E-state index is 12.0. The van der Waals surface area contributed by atoms with Crippen LogP contribution in [-0.4, -0.2) is 18.4 Å². The SMILES string of the molecule is C#CCNC(=O)c1ccccc1NC(=O)c1cccs1. The summed E-state index contributed by atoms with van der Waals surface area (Å²) in [6, 6.07) is 10.3. The Labute approximate surface area is 120 Å².